The van der Waals surface area contributed by atoms with Crippen LogP contribution in [0.3, 0.4) is 0 Å². The molecule has 2 aromatic rings. The molecule has 0 bridgehead atoms. The SMILES string of the molecule is Brc1ncccc1NCc1nccs1. The van der Waals surface area contributed by atoms with Crippen molar-refractivity contribution in [3.05, 3.63) is 39.5 Å². The van der Waals surface area contributed by atoms with Gasteiger partial charge in [0.25, 0.3) is 0 Å². The molecule has 0 radical (unpaired) electrons. The molecule has 3 nitrogen and oxygen atoms in total. The number of hydrogen-bond acceptors (Lipinski definition) is 4. The van der Waals surface area contributed by atoms with Gasteiger partial charge in [-0.25, -0.2) is 9.97 Å². The maximum atomic E-state index is 4.18. The van der Waals surface area contributed by atoms with Crippen LogP contribution in [0.25, 0.3) is 0 Å². The van der Waals surface area contributed by atoms with Gasteiger partial charge in [-0.05, 0) is 28.1 Å². The first-order chi connectivity index (χ1) is 6.86. The lowest BCUT2D eigenvalue weighted by molar-refractivity contribution is 1.09. The van der Waals surface area contributed by atoms with Gasteiger partial charge in [0.1, 0.15) is 9.61 Å². The highest BCUT2D eigenvalue weighted by molar-refractivity contribution is 9.10. The van der Waals surface area contributed by atoms with Crippen LogP contribution in [-0.4, -0.2) is 9.97 Å². The van der Waals surface area contributed by atoms with Crippen molar-refractivity contribution in [3.8, 4) is 0 Å². The number of rotatable bonds is 3. The van der Waals surface area contributed by atoms with Crippen molar-refractivity contribution in [2.45, 2.75) is 6.54 Å². The molecule has 1 N–H and O–H groups in total. The smallest absolute Gasteiger partial charge is 0.129 e. The van der Waals surface area contributed by atoms with E-state index in [0.717, 1.165) is 21.8 Å². The topological polar surface area (TPSA) is 37.8 Å². The summed E-state index contributed by atoms with van der Waals surface area (Å²) in [4.78, 5) is 8.30. The van der Waals surface area contributed by atoms with Crippen molar-refractivity contribution < 1.29 is 0 Å². The normalized spacial score (nSPS) is 10.1. The summed E-state index contributed by atoms with van der Waals surface area (Å²) in [5.41, 5.74) is 0.989. The molecular weight excluding hydrogens is 262 g/mol. The number of nitrogens with zero attached hydrogens (tertiary/aromatic N) is 2. The van der Waals surface area contributed by atoms with E-state index in [0.29, 0.717) is 0 Å². The third-order valence-corrected chi connectivity index (χ3v) is 3.08. The fraction of sp³-hybridized carbons (Fsp3) is 0.111. The van der Waals surface area contributed by atoms with Gasteiger partial charge in [-0.2, -0.15) is 0 Å². The Kier molecular flexibility index (Phi) is 3.10. The zero-order valence-corrected chi connectivity index (χ0v) is 9.68. The van der Waals surface area contributed by atoms with Crippen molar-refractivity contribution >= 4 is 33.0 Å². The molecule has 2 aromatic heterocycles. The standard InChI is InChI=1S/C9H8BrN3S/c10-9-7(2-1-3-12-9)13-6-8-11-4-5-14-8/h1-5,13H,6H2. The molecule has 14 heavy (non-hydrogen) atoms. The van der Waals surface area contributed by atoms with Crippen LogP contribution in [0.4, 0.5) is 5.69 Å². The average molecular weight is 270 g/mol. The summed E-state index contributed by atoms with van der Waals surface area (Å²) < 4.78 is 0.830. The molecular formula is C9H8BrN3S. The number of halogens is 1. The summed E-state index contributed by atoms with van der Waals surface area (Å²) in [6, 6.07) is 3.87. The van der Waals surface area contributed by atoms with Gasteiger partial charge in [0.05, 0.1) is 12.2 Å². The Hall–Kier alpha value is -0.940. The number of anilines is 1. The zero-order chi connectivity index (χ0) is 9.80. The third-order valence-electron chi connectivity index (χ3n) is 1.67. The second-order valence-electron chi connectivity index (χ2n) is 2.62. The lowest BCUT2D eigenvalue weighted by Gasteiger charge is -2.04. The van der Waals surface area contributed by atoms with Gasteiger partial charge in [0.2, 0.25) is 0 Å². The fourth-order valence-corrected chi connectivity index (χ4v) is 1.98. The van der Waals surface area contributed by atoms with Gasteiger partial charge in [-0.1, -0.05) is 0 Å². The van der Waals surface area contributed by atoms with E-state index in [-0.39, 0.29) is 0 Å². The maximum Gasteiger partial charge on any atom is 0.129 e. The molecule has 72 valence electrons. The predicted octanol–water partition coefficient (Wildman–Crippen LogP) is 2.91. The van der Waals surface area contributed by atoms with Gasteiger partial charge in [-0.15, -0.1) is 11.3 Å². The van der Waals surface area contributed by atoms with Crippen LogP contribution < -0.4 is 5.32 Å². The molecule has 0 aliphatic heterocycles. The molecule has 0 aliphatic carbocycles. The Morgan fingerprint density at radius 2 is 2.29 bits per heavy atom. The lowest BCUT2D eigenvalue weighted by atomic mass is 10.4. The Morgan fingerprint density at radius 3 is 3.00 bits per heavy atom. The first kappa shape index (κ1) is 9.61. The molecule has 5 heteroatoms. The van der Waals surface area contributed by atoms with Gasteiger partial charge in [-0.3, -0.25) is 0 Å². The largest absolute Gasteiger partial charge is 0.376 e. The summed E-state index contributed by atoms with van der Waals surface area (Å²) in [6.45, 7) is 0.738. The highest BCUT2D eigenvalue weighted by atomic mass is 79.9. The van der Waals surface area contributed by atoms with Crippen molar-refractivity contribution in [3.63, 3.8) is 0 Å². The van der Waals surface area contributed by atoms with E-state index in [1.165, 1.54) is 0 Å². The van der Waals surface area contributed by atoms with Gasteiger partial charge >= 0.3 is 0 Å². The molecule has 2 heterocycles. The van der Waals surface area contributed by atoms with Gasteiger partial charge in [0, 0.05) is 17.8 Å². The number of pyridine rings is 1. The Morgan fingerprint density at radius 1 is 1.36 bits per heavy atom. The number of aromatic nitrogens is 2. The van der Waals surface area contributed by atoms with E-state index in [2.05, 4.69) is 31.2 Å². The van der Waals surface area contributed by atoms with E-state index in [4.69, 9.17) is 0 Å². The summed E-state index contributed by atoms with van der Waals surface area (Å²) in [7, 11) is 0. The van der Waals surface area contributed by atoms with Crippen molar-refractivity contribution in [2.24, 2.45) is 0 Å². The second kappa shape index (κ2) is 4.52. The fourth-order valence-electron chi connectivity index (χ4n) is 1.03. The predicted molar refractivity (Wildman–Crippen MR) is 61.4 cm³/mol. The maximum absolute atomic E-state index is 4.18. The summed E-state index contributed by atoms with van der Waals surface area (Å²) in [6.07, 6.45) is 3.55. The van der Waals surface area contributed by atoms with Gasteiger partial charge < -0.3 is 5.32 Å². The van der Waals surface area contributed by atoms with Gasteiger partial charge in [0.15, 0.2) is 0 Å². The van der Waals surface area contributed by atoms with E-state index < -0.39 is 0 Å². The number of hydrogen-bond donors (Lipinski definition) is 1. The first-order valence-corrected chi connectivity index (χ1v) is 5.76. The number of thiazole rings is 1. The summed E-state index contributed by atoms with van der Waals surface area (Å²) in [5.74, 6) is 0. The monoisotopic (exact) mass is 269 g/mol. The van der Waals surface area contributed by atoms with Crippen LogP contribution in [0, 0.1) is 0 Å². The number of nitrogens with one attached hydrogen (secondary N) is 1. The van der Waals surface area contributed by atoms with Crippen LogP contribution in [0.1, 0.15) is 5.01 Å². The van der Waals surface area contributed by atoms with Crippen molar-refractivity contribution in [2.75, 3.05) is 5.32 Å². The van der Waals surface area contributed by atoms with E-state index in [1.807, 2.05) is 17.5 Å². The van der Waals surface area contributed by atoms with Crippen LogP contribution in [0.2, 0.25) is 0 Å². The highest BCUT2D eigenvalue weighted by Crippen LogP contribution is 2.19. The second-order valence-corrected chi connectivity index (χ2v) is 4.35. The first-order valence-electron chi connectivity index (χ1n) is 4.09. The summed E-state index contributed by atoms with van der Waals surface area (Å²) in [5, 5.41) is 6.29. The minimum absolute atomic E-state index is 0.738. The molecule has 0 atom stereocenters. The molecule has 0 saturated carbocycles. The van der Waals surface area contributed by atoms with Crippen molar-refractivity contribution in [1.29, 1.82) is 0 Å². The summed E-state index contributed by atoms with van der Waals surface area (Å²) >= 11 is 5.01. The molecule has 2 rings (SSSR count). The molecule has 0 fully saturated rings. The Bertz CT molecular complexity index is 402. The lowest BCUT2D eigenvalue weighted by Crippen LogP contribution is -1.99. The molecule has 0 aromatic carbocycles. The molecule has 0 spiro atoms. The third kappa shape index (κ3) is 2.30. The zero-order valence-electron chi connectivity index (χ0n) is 7.27. The molecule has 0 amide bonds. The minimum Gasteiger partial charge on any atom is -0.376 e. The van der Waals surface area contributed by atoms with E-state index >= 15 is 0 Å². The Labute approximate surface area is 94.4 Å². The van der Waals surface area contributed by atoms with Crippen LogP contribution in [0.15, 0.2) is 34.5 Å². The van der Waals surface area contributed by atoms with Crippen LogP contribution >= 0.6 is 27.3 Å². The highest BCUT2D eigenvalue weighted by Gasteiger charge is 1.99. The van der Waals surface area contributed by atoms with E-state index in [1.54, 1.807) is 23.7 Å². The molecule has 0 aliphatic rings. The molecule has 0 unspecified atom stereocenters. The van der Waals surface area contributed by atoms with Crippen molar-refractivity contribution in [1.82, 2.24) is 9.97 Å². The molecule has 0 saturated heterocycles. The quantitative estimate of drug-likeness (QED) is 0.871. The van der Waals surface area contributed by atoms with Crippen LogP contribution in [-0.2, 0) is 6.54 Å². The van der Waals surface area contributed by atoms with Crippen LogP contribution in [0.5, 0.6) is 0 Å². The van der Waals surface area contributed by atoms with E-state index in [9.17, 15) is 0 Å². The average Bonchev–Trinajstić information content (AvgIpc) is 2.69. The minimum atomic E-state index is 0.738. The Balaban J connectivity index is 2.02.